The maximum absolute atomic E-state index is 12.2. The van der Waals surface area contributed by atoms with Gasteiger partial charge in [-0.25, -0.2) is 4.79 Å². The zero-order valence-electron chi connectivity index (χ0n) is 14.2. The van der Waals surface area contributed by atoms with Gasteiger partial charge >= 0.3 is 6.03 Å². The number of piperazine rings is 1. The van der Waals surface area contributed by atoms with E-state index in [-0.39, 0.29) is 12.1 Å². The standard InChI is InChI=1S/C18H27N3O2/c1-14-5-6-16(12-15(14)2)20-7-9-21(10-8-20)18(22)19-13-17-4-3-11-23-17/h5-6,12,17H,3-4,7-11,13H2,1-2H3,(H,19,22). The Morgan fingerprint density at radius 3 is 2.65 bits per heavy atom. The minimum atomic E-state index is 0.0419. The molecule has 23 heavy (non-hydrogen) atoms. The van der Waals surface area contributed by atoms with Gasteiger partial charge in [0.15, 0.2) is 0 Å². The third-order valence-electron chi connectivity index (χ3n) is 4.93. The fourth-order valence-corrected chi connectivity index (χ4v) is 3.21. The van der Waals surface area contributed by atoms with Gasteiger partial charge in [-0.1, -0.05) is 6.07 Å². The van der Waals surface area contributed by atoms with Gasteiger partial charge in [-0.15, -0.1) is 0 Å². The lowest BCUT2D eigenvalue weighted by Gasteiger charge is -2.36. The van der Waals surface area contributed by atoms with E-state index in [1.807, 2.05) is 4.90 Å². The zero-order valence-corrected chi connectivity index (χ0v) is 14.2. The fourth-order valence-electron chi connectivity index (χ4n) is 3.21. The molecule has 2 aliphatic rings. The first-order chi connectivity index (χ1) is 11.1. The van der Waals surface area contributed by atoms with E-state index in [0.717, 1.165) is 45.6 Å². The average Bonchev–Trinajstić information content (AvgIpc) is 3.09. The minimum Gasteiger partial charge on any atom is -0.376 e. The van der Waals surface area contributed by atoms with Crippen molar-refractivity contribution in [2.24, 2.45) is 0 Å². The molecule has 5 nitrogen and oxygen atoms in total. The third-order valence-corrected chi connectivity index (χ3v) is 4.93. The van der Waals surface area contributed by atoms with Crippen molar-refractivity contribution >= 4 is 11.7 Å². The molecule has 0 bridgehead atoms. The summed E-state index contributed by atoms with van der Waals surface area (Å²) in [6.07, 6.45) is 2.37. The summed E-state index contributed by atoms with van der Waals surface area (Å²) in [5.41, 5.74) is 3.90. The summed E-state index contributed by atoms with van der Waals surface area (Å²) in [5, 5.41) is 3.01. The molecule has 0 saturated carbocycles. The monoisotopic (exact) mass is 317 g/mol. The number of urea groups is 1. The van der Waals surface area contributed by atoms with Crippen molar-refractivity contribution in [1.82, 2.24) is 10.2 Å². The number of hydrogen-bond donors (Lipinski definition) is 1. The molecule has 2 amide bonds. The normalized spacial score (nSPS) is 21.6. The van der Waals surface area contributed by atoms with Crippen molar-refractivity contribution in [3.8, 4) is 0 Å². The van der Waals surface area contributed by atoms with Crippen LogP contribution < -0.4 is 10.2 Å². The van der Waals surface area contributed by atoms with E-state index >= 15 is 0 Å². The van der Waals surface area contributed by atoms with Crippen LogP contribution in [0.15, 0.2) is 18.2 Å². The zero-order chi connectivity index (χ0) is 16.2. The summed E-state index contributed by atoms with van der Waals surface area (Å²) < 4.78 is 5.54. The Bertz CT molecular complexity index is 547. The number of rotatable bonds is 3. The quantitative estimate of drug-likeness (QED) is 0.930. The first-order valence-electron chi connectivity index (χ1n) is 8.60. The molecule has 1 N–H and O–H groups in total. The van der Waals surface area contributed by atoms with Crippen molar-refractivity contribution < 1.29 is 9.53 Å². The molecule has 2 saturated heterocycles. The Morgan fingerprint density at radius 1 is 1.22 bits per heavy atom. The summed E-state index contributed by atoms with van der Waals surface area (Å²) >= 11 is 0. The summed E-state index contributed by atoms with van der Waals surface area (Å²) in [4.78, 5) is 16.5. The highest BCUT2D eigenvalue weighted by Crippen LogP contribution is 2.20. The third kappa shape index (κ3) is 3.96. The molecule has 0 aromatic heterocycles. The van der Waals surface area contributed by atoms with Crippen LogP contribution in [0.1, 0.15) is 24.0 Å². The van der Waals surface area contributed by atoms with Crippen LogP contribution in [-0.4, -0.2) is 56.4 Å². The van der Waals surface area contributed by atoms with Gasteiger partial charge in [-0.05, 0) is 49.9 Å². The number of nitrogens with zero attached hydrogens (tertiary/aromatic N) is 2. The molecule has 1 unspecified atom stereocenters. The van der Waals surface area contributed by atoms with Gasteiger partial charge < -0.3 is 19.9 Å². The van der Waals surface area contributed by atoms with Crippen LogP contribution >= 0.6 is 0 Å². The second-order valence-electron chi connectivity index (χ2n) is 6.56. The number of nitrogens with one attached hydrogen (secondary N) is 1. The predicted octanol–water partition coefficient (Wildman–Crippen LogP) is 2.31. The van der Waals surface area contributed by atoms with Crippen LogP contribution in [0.4, 0.5) is 10.5 Å². The second-order valence-corrected chi connectivity index (χ2v) is 6.56. The number of aryl methyl sites for hydroxylation is 2. The van der Waals surface area contributed by atoms with Crippen LogP contribution in [0.25, 0.3) is 0 Å². The second kappa shape index (κ2) is 7.21. The van der Waals surface area contributed by atoms with Gasteiger partial charge in [0.2, 0.25) is 0 Å². The maximum atomic E-state index is 12.2. The molecule has 0 radical (unpaired) electrons. The lowest BCUT2D eigenvalue weighted by Crippen LogP contribution is -2.52. The Labute approximate surface area is 138 Å². The molecule has 1 aromatic carbocycles. The number of anilines is 1. The summed E-state index contributed by atoms with van der Waals surface area (Å²) in [6.45, 7) is 9.05. The van der Waals surface area contributed by atoms with Gasteiger partial charge in [-0.3, -0.25) is 0 Å². The summed E-state index contributed by atoms with van der Waals surface area (Å²) in [6, 6.07) is 6.63. The van der Waals surface area contributed by atoms with E-state index in [1.54, 1.807) is 0 Å². The smallest absolute Gasteiger partial charge is 0.317 e. The van der Waals surface area contributed by atoms with Gasteiger partial charge in [-0.2, -0.15) is 0 Å². The van der Waals surface area contributed by atoms with E-state index in [0.29, 0.717) is 6.54 Å². The van der Waals surface area contributed by atoms with Gasteiger partial charge in [0, 0.05) is 45.0 Å². The molecule has 2 aliphatic heterocycles. The number of ether oxygens (including phenoxy) is 1. The van der Waals surface area contributed by atoms with E-state index < -0.39 is 0 Å². The first-order valence-corrected chi connectivity index (χ1v) is 8.60. The van der Waals surface area contributed by atoms with Crippen molar-refractivity contribution in [3.63, 3.8) is 0 Å². The van der Waals surface area contributed by atoms with E-state index in [1.165, 1.54) is 16.8 Å². The van der Waals surface area contributed by atoms with Gasteiger partial charge in [0.1, 0.15) is 0 Å². The largest absolute Gasteiger partial charge is 0.376 e. The SMILES string of the molecule is Cc1ccc(N2CCN(C(=O)NCC3CCCO3)CC2)cc1C. The molecule has 2 fully saturated rings. The molecule has 3 rings (SSSR count). The van der Waals surface area contributed by atoms with Gasteiger partial charge in [0.05, 0.1) is 6.10 Å². The topological polar surface area (TPSA) is 44.8 Å². The number of amides is 2. The molecule has 0 aliphatic carbocycles. The van der Waals surface area contributed by atoms with Crippen molar-refractivity contribution in [2.45, 2.75) is 32.8 Å². The minimum absolute atomic E-state index is 0.0419. The molecule has 2 heterocycles. The lowest BCUT2D eigenvalue weighted by atomic mass is 10.1. The van der Waals surface area contributed by atoms with Crippen LogP contribution in [0, 0.1) is 13.8 Å². The van der Waals surface area contributed by atoms with Gasteiger partial charge in [0.25, 0.3) is 0 Å². The predicted molar refractivity (Wildman–Crippen MR) is 92.1 cm³/mol. The molecule has 5 heteroatoms. The summed E-state index contributed by atoms with van der Waals surface area (Å²) in [5.74, 6) is 0. The number of carbonyl (C=O) groups excluding carboxylic acids is 1. The first kappa shape index (κ1) is 16.1. The average molecular weight is 317 g/mol. The highest BCUT2D eigenvalue weighted by molar-refractivity contribution is 5.74. The maximum Gasteiger partial charge on any atom is 0.317 e. The van der Waals surface area contributed by atoms with Crippen LogP contribution in [0.3, 0.4) is 0 Å². The number of benzene rings is 1. The van der Waals surface area contributed by atoms with Crippen LogP contribution in [0.2, 0.25) is 0 Å². The fraction of sp³-hybridized carbons (Fsp3) is 0.611. The molecular weight excluding hydrogens is 290 g/mol. The molecule has 1 aromatic rings. The van der Waals surface area contributed by atoms with E-state index in [4.69, 9.17) is 4.74 Å². The number of carbonyl (C=O) groups is 1. The Kier molecular flexibility index (Phi) is 5.06. The molecule has 126 valence electrons. The van der Waals surface area contributed by atoms with Crippen LogP contribution in [0.5, 0.6) is 0 Å². The van der Waals surface area contributed by atoms with Crippen LogP contribution in [-0.2, 0) is 4.74 Å². The molecule has 0 spiro atoms. The van der Waals surface area contributed by atoms with E-state index in [9.17, 15) is 4.79 Å². The van der Waals surface area contributed by atoms with Crippen molar-refractivity contribution in [3.05, 3.63) is 29.3 Å². The van der Waals surface area contributed by atoms with Crippen molar-refractivity contribution in [1.29, 1.82) is 0 Å². The number of hydrogen-bond acceptors (Lipinski definition) is 3. The Morgan fingerprint density at radius 2 is 2.00 bits per heavy atom. The Hall–Kier alpha value is -1.75. The highest BCUT2D eigenvalue weighted by atomic mass is 16.5. The van der Waals surface area contributed by atoms with E-state index in [2.05, 4.69) is 42.3 Å². The molecule has 1 atom stereocenters. The van der Waals surface area contributed by atoms with Crippen molar-refractivity contribution in [2.75, 3.05) is 44.2 Å². The Balaban J connectivity index is 1.47. The lowest BCUT2D eigenvalue weighted by molar-refractivity contribution is 0.108. The summed E-state index contributed by atoms with van der Waals surface area (Å²) in [7, 11) is 0. The molecular formula is C18H27N3O2. The highest BCUT2D eigenvalue weighted by Gasteiger charge is 2.23.